The SMILES string of the molecule is Fc1ccc(C(NC2CCCC2)c2nnc(-c3ccccc3Cl)o2)cc1. The van der Waals surface area contributed by atoms with E-state index in [4.69, 9.17) is 16.0 Å². The smallest absolute Gasteiger partial charge is 0.249 e. The van der Waals surface area contributed by atoms with Gasteiger partial charge in [0, 0.05) is 6.04 Å². The van der Waals surface area contributed by atoms with E-state index in [-0.39, 0.29) is 11.9 Å². The van der Waals surface area contributed by atoms with Gasteiger partial charge in [0.1, 0.15) is 11.9 Å². The molecule has 1 saturated carbocycles. The molecule has 1 heterocycles. The van der Waals surface area contributed by atoms with E-state index < -0.39 is 0 Å². The third kappa shape index (κ3) is 3.64. The Bertz CT molecular complexity index is 875. The molecule has 0 aliphatic heterocycles. The lowest BCUT2D eigenvalue weighted by Gasteiger charge is -2.20. The van der Waals surface area contributed by atoms with E-state index in [0.717, 1.165) is 18.4 Å². The molecule has 6 heteroatoms. The third-order valence-corrected chi connectivity index (χ3v) is 5.08. The zero-order valence-corrected chi connectivity index (χ0v) is 14.9. The van der Waals surface area contributed by atoms with E-state index in [1.165, 1.54) is 25.0 Å². The molecular weight excluding hydrogens is 353 g/mol. The first kappa shape index (κ1) is 17.2. The van der Waals surface area contributed by atoms with E-state index in [1.807, 2.05) is 18.2 Å². The van der Waals surface area contributed by atoms with Gasteiger partial charge in [-0.25, -0.2) is 4.39 Å². The summed E-state index contributed by atoms with van der Waals surface area (Å²) >= 11 is 6.23. The van der Waals surface area contributed by atoms with E-state index in [0.29, 0.717) is 28.4 Å². The first-order valence-electron chi connectivity index (χ1n) is 8.80. The fourth-order valence-corrected chi connectivity index (χ4v) is 3.60. The van der Waals surface area contributed by atoms with Crippen molar-refractivity contribution < 1.29 is 8.81 Å². The Kier molecular flexibility index (Phi) is 5.00. The van der Waals surface area contributed by atoms with Gasteiger partial charge in [0.2, 0.25) is 11.8 Å². The van der Waals surface area contributed by atoms with Crippen molar-refractivity contribution in [3.05, 3.63) is 70.8 Å². The number of aromatic nitrogens is 2. The van der Waals surface area contributed by atoms with Crippen LogP contribution in [0.5, 0.6) is 0 Å². The Morgan fingerprint density at radius 1 is 1.04 bits per heavy atom. The van der Waals surface area contributed by atoms with Crippen molar-refractivity contribution in [3.63, 3.8) is 0 Å². The summed E-state index contributed by atoms with van der Waals surface area (Å²) in [5.74, 6) is 0.569. The van der Waals surface area contributed by atoms with Crippen LogP contribution in [-0.4, -0.2) is 16.2 Å². The zero-order chi connectivity index (χ0) is 17.9. The van der Waals surface area contributed by atoms with Gasteiger partial charge in [-0.05, 0) is 42.7 Å². The van der Waals surface area contributed by atoms with Crippen LogP contribution in [0.4, 0.5) is 4.39 Å². The summed E-state index contributed by atoms with van der Waals surface area (Å²) in [5.41, 5.74) is 1.60. The third-order valence-electron chi connectivity index (χ3n) is 4.75. The summed E-state index contributed by atoms with van der Waals surface area (Å²) in [6.07, 6.45) is 4.65. The minimum atomic E-state index is -0.276. The highest BCUT2D eigenvalue weighted by molar-refractivity contribution is 6.33. The quantitative estimate of drug-likeness (QED) is 0.673. The molecule has 4 rings (SSSR count). The first-order valence-corrected chi connectivity index (χ1v) is 9.18. The van der Waals surface area contributed by atoms with Crippen LogP contribution in [0.2, 0.25) is 5.02 Å². The summed E-state index contributed by atoms with van der Waals surface area (Å²) in [6, 6.07) is 13.9. The highest BCUT2D eigenvalue weighted by Gasteiger charge is 2.26. The summed E-state index contributed by atoms with van der Waals surface area (Å²) < 4.78 is 19.3. The fourth-order valence-electron chi connectivity index (χ4n) is 3.39. The Balaban J connectivity index is 1.67. The molecule has 2 aromatic carbocycles. The molecule has 0 amide bonds. The van der Waals surface area contributed by atoms with Crippen LogP contribution in [0.3, 0.4) is 0 Å². The molecule has 1 fully saturated rings. The van der Waals surface area contributed by atoms with Crippen molar-refractivity contribution in [1.29, 1.82) is 0 Å². The summed E-state index contributed by atoms with van der Waals surface area (Å²) in [6.45, 7) is 0. The van der Waals surface area contributed by atoms with Crippen molar-refractivity contribution in [2.75, 3.05) is 0 Å². The van der Waals surface area contributed by atoms with Gasteiger partial charge in [0.05, 0.1) is 10.6 Å². The van der Waals surface area contributed by atoms with Gasteiger partial charge in [-0.1, -0.05) is 48.7 Å². The number of hydrogen-bond donors (Lipinski definition) is 1. The van der Waals surface area contributed by atoms with Gasteiger partial charge in [0.15, 0.2) is 0 Å². The summed E-state index contributed by atoms with van der Waals surface area (Å²) in [7, 11) is 0. The lowest BCUT2D eigenvalue weighted by Crippen LogP contribution is -2.31. The normalized spacial score (nSPS) is 16.1. The number of hydrogen-bond acceptors (Lipinski definition) is 4. The number of rotatable bonds is 5. The second-order valence-electron chi connectivity index (χ2n) is 6.56. The van der Waals surface area contributed by atoms with Crippen LogP contribution in [0.25, 0.3) is 11.5 Å². The second kappa shape index (κ2) is 7.56. The van der Waals surface area contributed by atoms with Crippen LogP contribution in [-0.2, 0) is 0 Å². The number of benzene rings is 2. The standard InChI is InChI=1S/C20H19ClFN3O/c21-17-8-4-3-7-16(17)19-24-25-20(26-19)18(23-15-5-1-2-6-15)13-9-11-14(22)12-10-13/h3-4,7-12,15,18,23H,1-2,5-6H2. The van der Waals surface area contributed by atoms with Crippen molar-refractivity contribution in [1.82, 2.24) is 15.5 Å². The minimum Gasteiger partial charge on any atom is -0.419 e. The Hall–Kier alpha value is -2.24. The maximum absolute atomic E-state index is 13.3. The molecule has 0 radical (unpaired) electrons. The average Bonchev–Trinajstić information content (AvgIpc) is 3.33. The van der Waals surface area contributed by atoms with Crippen molar-refractivity contribution in [2.24, 2.45) is 0 Å². The van der Waals surface area contributed by atoms with Crippen LogP contribution in [0, 0.1) is 5.82 Å². The molecule has 1 atom stereocenters. The maximum Gasteiger partial charge on any atom is 0.249 e. The van der Waals surface area contributed by atoms with Gasteiger partial charge >= 0.3 is 0 Å². The minimum absolute atomic E-state index is 0.268. The largest absolute Gasteiger partial charge is 0.419 e. The predicted octanol–water partition coefficient (Wildman–Crippen LogP) is 5.15. The fraction of sp³-hybridized carbons (Fsp3) is 0.300. The Morgan fingerprint density at radius 3 is 2.50 bits per heavy atom. The van der Waals surface area contributed by atoms with Gasteiger partial charge < -0.3 is 4.42 Å². The zero-order valence-electron chi connectivity index (χ0n) is 14.2. The Morgan fingerprint density at radius 2 is 1.77 bits per heavy atom. The van der Waals surface area contributed by atoms with Crippen LogP contribution in [0.1, 0.15) is 43.2 Å². The Labute approximate surface area is 156 Å². The topological polar surface area (TPSA) is 51.0 Å². The molecule has 1 unspecified atom stereocenters. The predicted molar refractivity (Wildman–Crippen MR) is 98.4 cm³/mol. The molecule has 1 aliphatic rings. The molecular formula is C20H19ClFN3O. The van der Waals surface area contributed by atoms with E-state index >= 15 is 0 Å². The van der Waals surface area contributed by atoms with Crippen LogP contribution in [0.15, 0.2) is 52.9 Å². The molecule has 0 saturated heterocycles. The highest BCUT2D eigenvalue weighted by Crippen LogP contribution is 2.31. The van der Waals surface area contributed by atoms with Gasteiger partial charge in [-0.15, -0.1) is 10.2 Å². The molecule has 0 spiro atoms. The lowest BCUT2D eigenvalue weighted by atomic mass is 10.1. The molecule has 26 heavy (non-hydrogen) atoms. The van der Waals surface area contributed by atoms with Crippen molar-refractivity contribution in [3.8, 4) is 11.5 Å². The van der Waals surface area contributed by atoms with Crippen LogP contribution < -0.4 is 5.32 Å². The maximum atomic E-state index is 13.3. The monoisotopic (exact) mass is 371 g/mol. The molecule has 134 valence electrons. The molecule has 4 nitrogen and oxygen atoms in total. The number of nitrogens with zero attached hydrogens (tertiary/aromatic N) is 2. The first-order chi connectivity index (χ1) is 12.7. The highest BCUT2D eigenvalue weighted by atomic mass is 35.5. The van der Waals surface area contributed by atoms with Crippen molar-refractivity contribution in [2.45, 2.75) is 37.8 Å². The molecule has 1 aromatic heterocycles. The second-order valence-corrected chi connectivity index (χ2v) is 6.97. The average molecular weight is 372 g/mol. The summed E-state index contributed by atoms with van der Waals surface area (Å²) in [5, 5.41) is 12.6. The molecule has 0 bridgehead atoms. The lowest BCUT2D eigenvalue weighted by molar-refractivity contribution is 0.398. The van der Waals surface area contributed by atoms with Crippen LogP contribution >= 0.6 is 11.6 Å². The number of halogens is 2. The van der Waals surface area contributed by atoms with Crippen molar-refractivity contribution >= 4 is 11.6 Å². The number of nitrogens with one attached hydrogen (secondary N) is 1. The molecule has 1 N–H and O–H groups in total. The van der Waals surface area contributed by atoms with E-state index in [2.05, 4.69) is 15.5 Å². The van der Waals surface area contributed by atoms with Gasteiger partial charge in [0.25, 0.3) is 0 Å². The van der Waals surface area contributed by atoms with E-state index in [1.54, 1.807) is 18.2 Å². The van der Waals surface area contributed by atoms with Gasteiger partial charge in [-0.3, -0.25) is 5.32 Å². The molecule has 1 aliphatic carbocycles. The van der Waals surface area contributed by atoms with E-state index in [9.17, 15) is 4.39 Å². The van der Waals surface area contributed by atoms with Gasteiger partial charge in [-0.2, -0.15) is 0 Å². The summed E-state index contributed by atoms with van der Waals surface area (Å²) in [4.78, 5) is 0. The molecule has 3 aromatic rings.